The van der Waals surface area contributed by atoms with Crippen molar-refractivity contribution in [1.29, 1.82) is 0 Å². The van der Waals surface area contributed by atoms with Gasteiger partial charge in [0.05, 0.1) is 18.2 Å². The molecule has 32 heavy (non-hydrogen) atoms. The Kier molecular flexibility index (Phi) is 6.62. The fourth-order valence-corrected chi connectivity index (χ4v) is 5.51. The number of hydrogen-bond acceptors (Lipinski definition) is 5. The Balaban J connectivity index is 1.53. The quantitative estimate of drug-likeness (QED) is 0.537. The van der Waals surface area contributed by atoms with Crippen LogP contribution in [0.25, 0.3) is 5.00 Å². The average Bonchev–Trinajstić information content (AvgIpc) is 3.41. The van der Waals surface area contributed by atoms with Gasteiger partial charge in [-0.15, -0.1) is 11.3 Å². The van der Waals surface area contributed by atoms with Gasteiger partial charge >= 0.3 is 12.0 Å². The van der Waals surface area contributed by atoms with Crippen molar-refractivity contribution < 1.29 is 14.3 Å². The Morgan fingerprint density at radius 1 is 1.22 bits per heavy atom. The number of nitrogens with zero attached hydrogens (tertiary/aromatic N) is 2. The zero-order chi connectivity index (χ0) is 22.7. The second-order valence-electron chi connectivity index (χ2n) is 7.92. The van der Waals surface area contributed by atoms with Gasteiger partial charge in [0.2, 0.25) is 0 Å². The minimum atomic E-state index is -0.406. The third kappa shape index (κ3) is 4.71. The first-order valence-corrected chi connectivity index (χ1v) is 11.6. The summed E-state index contributed by atoms with van der Waals surface area (Å²) in [4.78, 5) is 28.4. The molecule has 0 spiro atoms. The Morgan fingerprint density at radius 2 is 2.00 bits per heavy atom. The van der Waals surface area contributed by atoms with Gasteiger partial charge in [0.15, 0.2) is 0 Å². The van der Waals surface area contributed by atoms with Crippen molar-refractivity contribution in [3.05, 3.63) is 70.4 Å². The van der Waals surface area contributed by atoms with E-state index >= 15 is 0 Å². The van der Waals surface area contributed by atoms with Crippen molar-refractivity contribution in [2.24, 2.45) is 0 Å². The van der Waals surface area contributed by atoms with Gasteiger partial charge < -0.3 is 24.8 Å². The molecule has 0 saturated heterocycles. The highest BCUT2D eigenvalue weighted by Gasteiger charge is 2.27. The smallest absolute Gasteiger partial charge is 0.338 e. The minimum Gasteiger partial charge on any atom is -0.462 e. The van der Waals surface area contributed by atoms with Crippen LogP contribution in [0.4, 0.5) is 10.5 Å². The first kappa shape index (κ1) is 22.1. The second kappa shape index (κ2) is 9.58. The van der Waals surface area contributed by atoms with Crippen molar-refractivity contribution in [2.45, 2.75) is 32.9 Å². The summed E-state index contributed by atoms with van der Waals surface area (Å²) in [5.41, 5.74) is 3.46. The summed E-state index contributed by atoms with van der Waals surface area (Å²) in [6.45, 7) is 6.01. The third-order valence-electron chi connectivity index (χ3n) is 5.52. The number of carbonyl (C=O) groups excluding carboxylic acids is 2. The summed E-state index contributed by atoms with van der Waals surface area (Å²) in [5.74, 6) is -0.406. The number of aromatic nitrogens is 1. The lowest BCUT2D eigenvalue weighted by molar-refractivity contribution is 0.0526. The molecule has 2 N–H and O–H groups in total. The van der Waals surface area contributed by atoms with Crippen LogP contribution in [0.3, 0.4) is 0 Å². The van der Waals surface area contributed by atoms with Crippen molar-refractivity contribution in [2.75, 3.05) is 25.5 Å². The van der Waals surface area contributed by atoms with E-state index in [0.29, 0.717) is 17.9 Å². The van der Waals surface area contributed by atoms with Crippen LogP contribution in [0.5, 0.6) is 0 Å². The number of hydrogen-bond donors (Lipinski definition) is 2. The van der Waals surface area contributed by atoms with Crippen molar-refractivity contribution >= 4 is 29.0 Å². The molecule has 1 atom stereocenters. The number of ether oxygens (including phenoxy) is 1. The number of likely N-dealkylation sites (N-methyl/N-ethyl adjacent to an activating group) is 1. The molecule has 1 aliphatic heterocycles. The number of nitrogens with one attached hydrogen (secondary N) is 2. The van der Waals surface area contributed by atoms with Gasteiger partial charge in [-0.2, -0.15) is 0 Å². The van der Waals surface area contributed by atoms with Gasteiger partial charge in [0.1, 0.15) is 5.00 Å². The first-order chi connectivity index (χ1) is 15.5. The molecular formula is C24H28N4O3S. The van der Waals surface area contributed by atoms with E-state index in [2.05, 4.69) is 27.1 Å². The van der Waals surface area contributed by atoms with E-state index in [0.717, 1.165) is 24.5 Å². The minimum absolute atomic E-state index is 0.177. The number of anilines is 1. The average molecular weight is 453 g/mol. The summed E-state index contributed by atoms with van der Waals surface area (Å²) in [7, 11) is 2.14. The summed E-state index contributed by atoms with van der Waals surface area (Å²) < 4.78 is 7.16. The highest BCUT2D eigenvalue weighted by atomic mass is 32.1. The van der Waals surface area contributed by atoms with Crippen molar-refractivity contribution in [3.8, 4) is 5.00 Å². The molecule has 0 radical (unpaired) electrons. The van der Waals surface area contributed by atoms with Crippen LogP contribution in [0.2, 0.25) is 0 Å². The second-order valence-corrected chi connectivity index (χ2v) is 9.01. The predicted octanol–water partition coefficient (Wildman–Crippen LogP) is 4.59. The molecule has 8 heteroatoms. The number of rotatable bonds is 6. The largest absolute Gasteiger partial charge is 0.462 e. The molecule has 0 aliphatic carbocycles. The van der Waals surface area contributed by atoms with Crippen LogP contribution in [0.1, 0.15) is 46.3 Å². The maximum Gasteiger partial charge on any atom is 0.338 e. The molecule has 0 saturated carbocycles. The van der Waals surface area contributed by atoms with E-state index in [1.54, 1.807) is 42.5 Å². The summed E-state index contributed by atoms with van der Waals surface area (Å²) in [5, 5.41) is 7.07. The normalized spacial score (nSPS) is 14.5. The SMILES string of the molecule is CCOC(=O)c1cccc(NC(=O)N[C@H](C)c2c(-n3cccc3)sc3c2CCN(C)C3)c1. The van der Waals surface area contributed by atoms with Crippen molar-refractivity contribution in [1.82, 2.24) is 14.8 Å². The lowest BCUT2D eigenvalue weighted by atomic mass is 9.98. The molecule has 1 aliphatic rings. The van der Waals surface area contributed by atoms with Crippen molar-refractivity contribution in [3.63, 3.8) is 0 Å². The van der Waals surface area contributed by atoms with Gasteiger partial charge in [-0.3, -0.25) is 0 Å². The van der Waals surface area contributed by atoms with E-state index < -0.39 is 5.97 Å². The Hall–Kier alpha value is -3.10. The molecule has 168 valence electrons. The van der Waals surface area contributed by atoms with Crippen LogP contribution in [-0.4, -0.2) is 41.7 Å². The van der Waals surface area contributed by atoms with Gasteiger partial charge in [0, 0.05) is 41.6 Å². The van der Waals surface area contributed by atoms with Gasteiger partial charge in [0.25, 0.3) is 0 Å². The molecule has 4 rings (SSSR count). The fourth-order valence-electron chi connectivity index (χ4n) is 4.02. The molecule has 7 nitrogen and oxygen atoms in total. The Labute approximate surface area is 192 Å². The maximum absolute atomic E-state index is 12.8. The highest BCUT2D eigenvalue weighted by molar-refractivity contribution is 7.15. The zero-order valence-corrected chi connectivity index (χ0v) is 19.4. The molecule has 3 aromatic rings. The molecule has 2 amide bonds. The van der Waals surface area contributed by atoms with E-state index in [1.165, 1.54) is 16.0 Å². The van der Waals surface area contributed by atoms with Crippen LogP contribution in [0, 0.1) is 0 Å². The number of thiophene rings is 1. The first-order valence-electron chi connectivity index (χ1n) is 10.8. The van der Waals surface area contributed by atoms with Gasteiger partial charge in [-0.05, 0) is 63.2 Å². The van der Waals surface area contributed by atoms with E-state index in [9.17, 15) is 9.59 Å². The third-order valence-corrected chi connectivity index (χ3v) is 6.77. The molecule has 2 aromatic heterocycles. The summed E-state index contributed by atoms with van der Waals surface area (Å²) >= 11 is 1.79. The number of benzene rings is 1. The van der Waals surface area contributed by atoms with Crippen LogP contribution in [0.15, 0.2) is 48.8 Å². The van der Waals surface area contributed by atoms with Gasteiger partial charge in [-0.1, -0.05) is 6.07 Å². The molecule has 0 fully saturated rings. The zero-order valence-electron chi connectivity index (χ0n) is 18.6. The number of fused-ring (bicyclic) bond motifs is 1. The number of carbonyl (C=O) groups is 2. The Morgan fingerprint density at radius 3 is 2.75 bits per heavy atom. The van der Waals surface area contributed by atoms with Gasteiger partial charge in [-0.25, -0.2) is 9.59 Å². The summed E-state index contributed by atoms with van der Waals surface area (Å²) in [6.07, 6.45) is 5.05. The van der Waals surface area contributed by atoms with E-state index in [1.807, 2.05) is 31.5 Å². The predicted molar refractivity (Wildman–Crippen MR) is 127 cm³/mol. The molecule has 0 unspecified atom stereocenters. The van der Waals surface area contributed by atoms with E-state index in [-0.39, 0.29) is 12.1 Å². The lowest BCUT2D eigenvalue weighted by Crippen LogP contribution is -2.33. The fraction of sp³-hybridized carbons (Fsp3) is 0.333. The Bertz CT molecular complexity index is 1110. The molecule has 1 aromatic carbocycles. The van der Waals surface area contributed by atoms with Crippen LogP contribution < -0.4 is 10.6 Å². The highest BCUT2D eigenvalue weighted by Crippen LogP contribution is 2.39. The summed E-state index contributed by atoms with van der Waals surface area (Å²) in [6, 6.07) is 10.3. The molecular weight excluding hydrogens is 424 g/mol. The van der Waals surface area contributed by atoms with E-state index in [4.69, 9.17) is 4.74 Å². The molecule has 3 heterocycles. The maximum atomic E-state index is 12.8. The standard InChI is InChI=1S/C24H28N4O3S/c1-4-31-23(29)17-8-7-9-18(14-17)26-24(30)25-16(2)21-19-10-13-27(3)15-20(19)32-22(21)28-11-5-6-12-28/h5-9,11-12,14,16H,4,10,13,15H2,1-3H3,(H2,25,26,30)/t16-/m1/s1. The monoisotopic (exact) mass is 452 g/mol. The topological polar surface area (TPSA) is 75.6 Å². The lowest BCUT2D eigenvalue weighted by Gasteiger charge is -2.24. The number of urea groups is 1. The van der Waals surface area contributed by atoms with Crippen LogP contribution >= 0.6 is 11.3 Å². The number of amides is 2. The van der Waals surface area contributed by atoms with Crippen LogP contribution in [-0.2, 0) is 17.7 Å². The number of esters is 1. The molecule has 0 bridgehead atoms.